The third kappa shape index (κ3) is 3.69. The number of anilines is 1. The maximum absolute atomic E-state index is 13.4. The van der Waals surface area contributed by atoms with Gasteiger partial charge in [0, 0.05) is 22.3 Å². The van der Waals surface area contributed by atoms with Crippen molar-refractivity contribution in [2.75, 3.05) is 12.8 Å². The molecule has 1 aromatic carbocycles. The van der Waals surface area contributed by atoms with Gasteiger partial charge in [-0.15, -0.1) is 5.10 Å². The van der Waals surface area contributed by atoms with E-state index < -0.39 is 0 Å². The number of aromatic amines is 1. The van der Waals surface area contributed by atoms with Crippen LogP contribution in [-0.2, 0) is 6.42 Å². The first-order chi connectivity index (χ1) is 17.5. The molecule has 0 spiro atoms. The highest BCUT2D eigenvalue weighted by Crippen LogP contribution is 2.35. The van der Waals surface area contributed by atoms with E-state index in [0.717, 1.165) is 46.6 Å². The number of halogens is 1. The number of fused-ring (bicyclic) bond motifs is 1. The topological polar surface area (TPSA) is 142 Å². The van der Waals surface area contributed by atoms with Crippen LogP contribution in [0.5, 0.6) is 5.88 Å². The van der Waals surface area contributed by atoms with Gasteiger partial charge in [0.25, 0.3) is 5.56 Å². The van der Waals surface area contributed by atoms with Crippen LogP contribution < -0.4 is 16.0 Å². The van der Waals surface area contributed by atoms with Gasteiger partial charge >= 0.3 is 0 Å². The molecule has 5 heterocycles. The lowest BCUT2D eigenvalue weighted by molar-refractivity contribution is 0.400. The minimum absolute atomic E-state index is 0.127. The second kappa shape index (κ2) is 8.61. The Morgan fingerprint density at radius 3 is 2.86 bits per heavy atom. The number of H-pyrrole nitrogens is 1. The summed E-state index contributed by atoms with van der Waals surface area (Å²) in [5, 5.41) is 12.0. The van der Waals surface area contributed by atoms with Crippen LogP contribution in [0, 0.1) is 0 Å². The molecule has 1 atom stereocenters. The largest absolute Gasteiger partial charge is 0.480 e. The van der Waals surface area contributed by atoms with Crippen molar-refractivity contribution < 1.29 is 4.74 Å². The average molecular weight is 502 g/mol. The summed E-state index contributed by atoms with van der Waals surface area (Å²) in [6.45, 7) is 0. The maximum Gasteiger partial charge on any atom is 0.252 e. The summed E-state index contributed by atoms with van der Waals surface area (Å²) >= 11 is 6.29. The summed E-state index contributed by atoms with van der Waals surface area (Å²) in [4.78, 5) is 25.5. The predicted molar refractivity (Wildman–Crippen MR) is 133 cm³/mol. The molecule has 3 N–H and O–H groups in total. The van der Waals surface area contributed by atoms with Crippen LogP contribution in [0.15, 0.2) is 59.8 Å². The zero-order valence-corrected chi connectivity index (χ0v) is 19.8. The molecule has 1 aliphatic heterocycles. The van der Waals surface area contributed by atoms with Gasteiger partial charge in [0.2, 0.25) is 5.88 Å². The minimum atomic E-state index is -0.221. The number of ether oxygens (including phenoxy) is 1. The Morgan fingerprint density at radius 2 is 2.06 bits per heavy atom. The molecule has 4 aromatic heterocycles. The first-order valence-electron chi connectivity index (χ1n) is 11.2. The summed E-state index contributed by atoms with van der Waals surface area (Å²) in [7, 11) is 1.54. The quantitative estimate of drug-likeness (QED) is 0.374. The van der Waals surface area contributed by atoms with E-state index >= 15 is 0 Å². The van der Waals surface area contributed by atoms with E-state index in [4.69, 9.17) is 22.1 Å². The SMILES string of the molecule is COc1nc(N)ccc1-c1cnc([C@@H]2CCc3cc(-c4cc(Cl)ccc4-n4cnnn4)cc(=O)n32)[nH]1. The van der Waals surface area contributed by atoms with Gasteiger partial charge in [-0.2, -0.15) is 9.67 Å². The molecule has 0 aliphatic carbocycles. The first-order valence-corrected chi connectivity index (χ1v) is 11.5. The fraction of sp³-hybridized carbons (Fsp3) is 0.167. The summed E-state index contributed by atoms with van der Waals surface area (Å²) in [5.74, 6) is 1.46. The van der Waals surface area contributed by atoms with E-state index in [0.29, 0.717) is 22.5 Å². The highest BCUT2D eigenvalue weighted by molar-refractivity contribution is 6.31. The Labute approximate surface area is 209 Å². The van der Waals surface area contributed by atoms with Crippen molar-refractivity contribution in [3.05, 3.63) is 81.9 Å². The zero-order valence-electron chi connectivity index (χ0n) is 19.1. The summed E-state index contributed by atoms with van der Waals surface area (Å²) in [6, 6.07) is 12.3. The van der Waals surface area contributed by atoms with Crippen LogP contribution in [0.3, 0.4) is 0 Å². The number of imidazole rings is 1. The summed E-state index contributed by atoms with van der Waals surface area (Å²) in [6.07, 6.45) is 4.67. The van der Waals surface area contributed by atoms with Gasteiger partial charge in [-0.25, -0.2) is 4.98 Å². The van der Waals surface area contributed by atoms with Crippen molar-refractivity contribution in [1.82, 2.24) is 39.7 Å². The molecule has 36 heavy (non-hydrogen) atoms. The second-order valence-corrected chi connectivity index (χ2v) is 8.83. The molecule has 11 nitrogen and oxygen atoms in total. The van der Waals surface area contributed by atoms with E-state index in [1.165, 1.54) is 13.4 Å². The number of nitrogen functional groups attached to an aromatic ring is 1. The lowest BCUT2D eigenvalue weighted by Crippen LogP contribution is -2.23. The van der Waals surface area contributed by atoms with Crippen LogP contribution in [0.1, 0.15) is 24.0 Å². The molecule has 6 rings (SSSR count). The molecular weight excluding hydrogens is 482 g/mol. The molecule has 180 valence electrons. The van der Waals surface area contributed by atoms with Crippen LogP contribution >= 0.6 is 11.6 Å². The molecule has 1 aliphatic rings. The number of benzene rings is 1. The van der Waals surface area contributed by atoms with Gasteiger partial charge in [-0.05, 0) is 65.2 Å². The van der Waals surface area contributed by atoms with Crippen molar-refractivity contribution in [3.8, 4) is 34.0 Å². The van der Waals surface area contributed by atoms with Gasteiger partial charge in [0.05, 0.1) is 36.3 Å². The van der Waals surface area contributed by atoms with Gasteiger partial charge in [-0.1, -0.05) is 11.6 Å². The average Bonchev–Trinajstić information content (AvgIpc) is 3.64. The number of methoxy groups -OCH3 is 1. The molecule has 0 unspecified atom stereocenters. The van der Waals surface area contributed by atoms with Gasteiger partial charge in [0.1, 0.15) is 18.0 Å². The van der Waals surface area contributed by atoms with Crippen molar-refractivity contribution in [2.24, 2.45) is 0 Å². The standard InChI is InChI=1S/C24H20ClN9O2/c1-36-24-16(4-7-21(26)30-24)18-11-27-23(29-18)20-6-3-15-8-13(9-22(35)34(15)20)17-10-14(25)2-5-19(17)33-12-28-31-32-33/h2,4-5,7-12,20H,3,6H2,1H3,(H2,26,30)(H,27,29)/t20-/m0/s1. The molecule has 0 saturated carbocycles. The number of pyridine rings is 2. The Balaban J connectivity index is 1.39. The number of hydrogen-bond acceptors (Lipinski definition) is 8. The third-order valence-corrected chi connectivity index (χ3v) is 6.51. The Hall–Kier alpha value is -4.51. The number of nitrogens with two attached hydrogens (primary N) is 1. The number of aryl methyl sites for hydroxylation is 1. The van der Waals surface area contributed by atoms with Gasteiger partial charge in [-0.3, -0.25) is 4.79 Å². The van der Waals surface area contributed by atoms with E-state index in [1.54, 1.807) is 33.6 Å². The first kappa shape index (κ1) is 22.0. The fourth-order valence-corrected chi connectivity index (χ4v) is 4.85. The lowest BCUT2D eigenvalue weighted by Gasteiger charge is -2.15. The lowest BCUT2D eigenvalue weighted by atomic mass is 10.0. The fourth-order valence-electron chi connectivity index (χ4n) is 4.68. The zero-order chi connectivity index (χ0) is 24.8. The van der Waals surface area contributed by atoms with E-state index in [9.17, 15) is 4.79 Å². The molecule has 0 amide bonds. The monoisotopic (exact) mass is 501 g/mol. The second-order valence-electron chi connectivity index (χ2n) is 8.39. The normalized spacial score (nSPS) is 14.7. The van der Waals surface area contributed by atoms with Crippen molar-refractivity contribution in [1.29, 1.82) is 0 Å². The molecule has 0 saturated heterocycles. The minimum Gasteiger partial charge on any atom is -0.480 e. The smallest absolute Gasteiger partial charge is 0.252 e. The van der Waals surface area contributed by atoms with Crippen LogP contribution in [0.4, 0.5) is 5.82 Å². The van der Waals surface area contributed by atoms with Crippen molar-refractivity contribution in [3.63, 3.8) is 0 Å². The third-order valence-electron chi connectivity index (χ3n) is 6.28. The number of nitrogens with zero attached hydrogens (tertiary/aromatic N) is 7. The van der Waals surface area contributed by atoms with Crippen LogP contribution in [-0.4, -0.2) is 46.8 Å². The molecular formula is C24H20ClN9O2. The van der Waals surface area contributed by atoms with E-state index in [-0.39, 0.29) is 11.6 Å². The summed E-state index contributed by atoms with van der Waals surface area (Å²) in [5.41, 5.74) is 10.3. The molecule has 0 fully saturated rings. The highest BCUT2D eigenvalue weighted by atomic mass is 35.5. The molecule has 5 aromatic rings. The van der Waals surface area contributed by atoms with Crippen molar-refractivity contribution in [2.45, 2.75) is 18.9 Å². The van der Waals surface area contributed by atoms with E-state index in [1.807, 2.05) is 24.3 Å². The van der Waals surface area contributed by atoms with Gasteiger partial charge in [0.15, 0.2) is 0 Å². The number of rotatable bonds is 5. The molecule has 0 radical (unpaired) electrons. The Kier molecular flexibility index (Phi) is 5.26. The number of tetrazole rings is 1. The van der Waals surface area contributed by atoms with Crippen LogP contribution in [0.25, 0.3) is 28.1 Å². The molecule has 12 heteroatoms. The van der Waals surface area contributed by atoms with Crippen LogP contribution in [0.2, 0.25) is 5.02 Å². The van der Waals surface area contributed by atoms with E-state index in [2.05, 4.69) is 30.5 Å². The Bertz CT molecular complexity index is 1640. The highest BCUT2D eigenvalue weighted by Gasteiger charge is 2.28. The predicted octanol–water partition coefficient (Wildman–Crippen LogP) is 3.06. The van der Waals surface area contributed by atoms with Gasteiger partial charge < -0.3 is 20.0 Å². The number of hydrogen-bond donors (Lipinski definition) is 2. The Morgan fingerprint density at radius 1 is 1.17 bits per heavy atom. The summed E-state index contributed by atoms with van der Waals surface area (Å²) < 4.78 is 8.70. The maximum atomic E-state index is 13.4. The molecule has 0 bridgehead atoms. The van der Waals surface area contributed by atoms with Crippen molar-refractivity contribution >= 4 is 17.4 Å². The number of aromatic nitrogens is 8. The number of nitrogens with one attached hydrogen (secondary N) is 1.